The van der Waals surface area contributed by atoms with Crippen molar-refractivity contribution in [1.29, 1.82) is 0 Å². The van der Waals surface area contributed by atoms with Gasteiger partial charge < -0.3 is 14.6 Å². The number of aromatic carboxylic acids is 1. The van der Waals surface area contributed by atoms with E-state index in [1.165, 1.54) is 24.3 Å². The van der Waals surface area contributed by atoms with Crippen LogP contribution in [0.5, 0.6) is 11.5 Å². The first-order valence-corrected chi connectivity index (χ1v) is 10.7. The first kappa shape index (κ1) is 23.1. The van der Waals surface area contributed by atoms with Gasteiger partial charge in [0.25, 0.3) is 5.91 Å². The number of amides is 1. The van der Waals surface area contributed by atoms with E-state index in [1.54, 1.807) is 37.3 Å². The summed E-state index contributed by atoms with van der Waals surface area (Å²) in [6, 6.07) is 19.1. The maximum atomic E-state index is 13.1. The Morgan fingerprint density at radius 1 is 1.12 bits per heavy atom. The van der Waals surface area contributed by atoms with E-state index in [0.717, 1.165) is 5.56 Å². The van der Waals surface area contributed by atoms with Crippen molar-refractivity contribution in [2.75, 3.05) is 12.1 Å². The number of hydrogen-bond donors (Lipinski definition) is 1. The van der Waals surface area contributed by atoms with Crippen LogP contribution in [0.4, 0.5) is 5.69 Å². The number of carboxylic acids is 1. The van der Waals surface area contributed by atoms with E-state index in [-0.39, 0.29) is 11.5 Å². The number of halogens is 1. The number of rotatable bonds is 7. The molecule has 3 aromatic carbocycles. The number of methoxy groups -OCH3 is 1. The monoisotopic (exact) mass is 476 g/mol. The lowest BCUT2D eigenvalue weighted by molar-refractivity contribution is -0.114. The predicted octanol–water partition coefficient (Wildman–Crippen LogP) is 5.43. The summed E-state index contributed by atoms with van der Waals surface area (Å²) in [6.07, 6.45) is 1.66. The van der Waals surface area contributed by atoms with E-state index in [0.29, 0.717) is 45.7 Å². The Bertz CT molecular complexity index is 1320. The predicted molar refractivity (Wildman–Crippen MR) is 131 cm³/mol. The van der Waals surface area contributed by atoms with Gasteiger partial charge in [-0.2, -0.15) is 10.1 Å². The molecule has 1 aliphatic heterocycles. The Labute approximate surface area is 201 Å². The first-order valence-electron chi connectivity index (χ1n) is 10.4. The zero-order valence-corrected chi connectivity index (χ0v) is 19.2. The van der Waals surface area contributed by atoms with Crippen molar-refractivity contribution in [3.05, 3.63) is 94.0 Å². The Morgan fingerprint density at radius 2 is 1.88 bits per heavy atom. The third-order valence-electron chi connectivity index (χ3n) is 5.19. The van der Waals surface area contributed by atoms with Gasteiger partial charge in [-0.05, 0) is 54.5 Å². The standard InChI is InChI=1S/C26H21ClN2O5/c1-16-21(25(30)29(28-16)20-10-6-9-19(14-20)26(31)32)11-18-12-22(27)24(23(13-18)33-2)34-15-17-7-4-3-5-8-17/h3-14H,15H2,1-2H3,(H,31,32). The molecule has 0 spiro atoms. The molecule has 0 saturated carbocycles. The Morgan fingerprint density at radius 3 is 2.59 bits per heavy atom. The summed E-state index contributed by atoms with van der Waals surface area (Å²) in [5.41, 5.74) is 2.91. The van der Waals surface area contributed by atoms with Crippen molar-refractivity contribution in [3.8, 4) is 11.5 Å². The van der Waals surface area contributed by atoms with Crippen molar-refractivity contribution >= 4 is 41.0 Å². The molecule has 1 aliphatic rings. The second-order valence-electron chi connectivity index (χ2n) is 7.52. The molecule has 0 unspecified atom stereocenters. The normalized spacial score (nSPS) is 14.3. The van der Waals surface area contributed by atoms with Gasteiger partial charge in [0.15, 0.2) is 11.5 Å². The molecule has 1 heterocycles. The number of ether oxygens (including phenoxy) is 2. The van der Waals surface area contributed by atoms with E-state index >= 15 is 0 Å². The molecule has 8 heteroatoms. The van der Waals surface area contributed by atoms with Crippen LogP contribution in [0.1, 0.15) is 28.4 Å². The number of nitrogens with zero attached hydrogens (tertiary/aromatic N) is 2. The maximum Gasteiger partial charge on any atom is 0.335 e. The average Bonchev–Trinajstić information content (AvgIpc) is 3.12. The molecule has 1 N–H and O–H groups in total. The number of hydrogen-bond acceptors (Lipinski definition) is 5. The fourth-order valence-corrected chi connectivity index (χ4v) is 3.76. The molecule has 4 rings (SSSR count). The lowest BCUT2D eigenvalue weighted by Gasteiger charge is -2.14. The van der Waals surface area contributed by atoms with Crippen LogP contribution in [-0.2, 0) is 11.4 Å². The largest absolute Gasteiger partial charge is 0.493 e. The molecule has 0 atom stereocenters. The number of carbonyl (C=O) groups excluding carboxylic acids is 1. The lowest BCUT2D eigenvalue weighted by Crippen LogP contribution is -2.21. The Balaban J connectivity index is 1.60. The van der Waals surface area contributed by atoms with Crippen molar-refractivity contribution in [1.82, 2.24) is 0 Å². The molecule has 0 aromatic heterocycles. The first-order chi connectivity index (χ1) is 16.4. The molecule has 34 heavy (non-hydrogen) atoms. The van der Waals surface area contributed by atoms with Gasteiger partial charge in [0.1, 0.15) is 6.61 Å². The summed E-state index contributed by atoms with van der Waals surface area (Å²) in [7, 11) is 1.52. The molecular formula is C26H21ClN2O5. The number of carbonyl (C=O) groups is 2. The van der Waals surface area contributed by atoms with E-state index in [1.807, 2.05) is 30.3 Å². The fraction of sp³-hybridized carbons (Fsp3) is 0.115. The second kappa shape index (κ2) is 9.80. The van der Waals surface area contributed by atoms with Crippen molar-refractivity contribution in [3.63, 3.8) is 0 Å². The molecule has 3 aromatic rings. The lowest BCUT2D eigenvalue weighted by atomic mass is 10.1. The van der Waals surface area contributed by atoms with E-state index in [2.05, 4.69) is 5.10 Å². The molecule has 1 amide bonds. The highest BCUT2D eigenvalue weighted by Gasteiger charge is 2.29. The van der Waals surface area contributed by atoms with Gasteiger partial charge >= 0.3 is 5.97 Å². The molecule has 172 valence electrons. The summed E-state index contributed by atoms with van der Waals surface area (Å²) < 4.78 is 11.4. The summed E-state index contributed by atoms with van der Waals surface area (Å²) in [6.45, 7) is 2.03. The van der Waals surface area contributed by atoms with E-state index in [4.69, 9.17) is 21.1 Å². The molecule has 0 aliphatic carbocycles. The van der Waals surface area contributed by atoms with Gasteiger partial charge in [0.2, 0.25) is 0 Å². The summed E-state index contributed by atoms with van der Waals surface area (Å²) in [5, 5.41) is 15.1. The van der Waals surface area contributed by atoms with Crippen LogP contribution in [0.15, 0.2) is 77.4 Å². The van der Waals surface area contributed by atoms with Gasteiger partial charge in [-0.25, -0.2) is 4.79 Å². The van der Waals surface area contributed by atoms with Crippen LogP contribution in [0, 0.1) is 0 Å². The molecular weight excluding hydrogens is 456 g/mol. The molecule has 0 fully saturated rings. The summed E-state index contributed by atoms with van der Waals surface area (Å²) in [5.74, 6) is -0.618. The molecule has 0 saturated heterocycles. The smallest absolute Gasteiger partial charge is 0.335 e. The number of hydrazone groups is 1. The quantitative estimate of drug-likeness (QED) is 0.459. The molecule has 0 radical (unpaired) electrons. The summed E-state index contributed by atoms with van der Waals surface area (Å²) >= 11 is 6.49. The van der Waals surface area contributed by atoms with Gasteiger partial charge in [0, 0.05) is 0 Å². The van der Waals surface area contributed by atoms with Gasteiger partial charge in [-0.1, -0.05) is 48.0 Å². The highest BCUT2D eigenvalue weighted by Crippen LogP contribution is 2.38. The van der Waals surface area contributed by atoms with Crippen molar-refractivity contribution in [2.45, 2.75) is 13.5 Å². The Hall–Kier alpha value is -4.10. The van der Waals surface area contributed by atoms with E-state index < -0.39 is 5.97 Å². The average molecular weight is 477 g/mol. The summed E-state index contributed by atoms with van der Waals surface area (Å²) in [4.78, 5) is 24.4. The molecule has 7 nitrogen and oxygen atoms in total. The molecule has 0 bridgehead atoms. The zero-order chi connectivity index (χ0) is 24.2. The van der Waals surface area contributed by atoms with Crippen LogP contribution in [0.25, 0.3) is 6.08 Å². The SMILES string of the molecule is COc1cc(C=C2C(=O)N(c3cccc(C(=O)O)c3)N=C2C)cc(Cl)c1OCc1ccccc1. The zero-order valence-electron chi connectivity index (χ0n) is 18.5. The van der Waals surface area contributed by atoms with Gasteiger partial charge in [0.05, 0.1) is 34.7 Å². The Kier molecular flexibility index (Phi) is 6.65. The van der Waals surface area contributed by atoms with Crippen molar-refractivity contribution < 1.29 is 24.2 Å². The third kappa shape index (κ3) is 4.79. The van der Waals surface area contributed by atoms with Gasteiger partial charge in [-0.3, -0.25) is 4.79 Å². The topological polar surface area (TPSA) is 88.4 Å². The highest BCUT2D eigenvalue weighted by molar-refractivity contribution is 6.33. The third-order valence-corrected chi connectivity index (χ3v) is 5.47. The van der Waals surface area contributed by atoms with Crippen LogP contribution in [-0.4, -0.2) is 29.8 Å². The number of benzene rings is 3. The van der Waals surface area contributed by atoms with Crippen LogP contribution in [0.3, 0.4) is 0 Å². The van der Waals surface area contributed by atoms with E-state index in [9.17, 15) is 14.7 Å². The minimum atomic E-state index is -1.08. The van der Waals surface area contributed by atoms with Gasteiger partial charge in [-0.15, -0.1) is 0 Å². The minimum Gasteiger partial charge on any atom is -0.493 e. The second-order valence-corrected chi connectivity index (χ2v) is 7.93. The maximum absolute atomic E-state index is 13.1. The number of carboxylic acid groups (broad SMARTS) is 1. The van der Waals surface area contributed by atoms with Crippen LogP contribution in [0.2, 0.25) is 5.02 Å². The van der Waals surface area contributed by atoms with Crippen LogP contribution >= 0.6 is 11.6 Å². The fourth-order valence-electron chi connectivity index (χ4n) is 3.49. The van der Waals surface area contributed by atoms with Crippen molar-refractivity contribution in [2.24, 2.45) is 5.10 Å². The number of anilines is 1. The highest BCUT2D eigenvalue weighted by atomic mass is 35.5. The van der Waals surface area contributed by atoms with Crippen LogP contribution < -0.4 is 14.5 Å². The minimum absolute atomic E-state index is 0.0678.